The van der Waals surface area contributed by atoms with Crippen molar-refractivity contribution < 1.29 is 14.0 Å². The second-order valence-electron chi connectivity index (χ2n) is 4.43. The van der Waals surface area contributed by atoms with Gasteiger partial charge in [-0.25, -0.2) is 4.39 Å². The van der Waals surface area contributed by atoms with Gasteiger partial charge in [0.15, 0.2) is 6.61 Å². The fourth-order valence-corrected chi connectivity index (χ4v) is 2.02. The van der Waals surface area contributed by atoms with Gasteiger partial charge in [-0.2, -0.15) is 0 Å². The van der Waals surface area contributed by atoms with Crippen molar-refractivity contribution in [3.8, 4) is 0 Å². The maximum Gasteiger partial charge on any atom is 0.265 e. The van der Waals surface area contributed by atoms with E-state index in [9.17, 15) is 9.18 Å². The van der Waals surface area contributed by atoms with E-state index in [1.54, 1.807) is 24.3 Å². The molecule has 6 nitrogen and oxygen atoms in total. The number of halogens is 2. The number of hydrogen-bond donors (Lipinski definition) is 1. The van der Waals surface area contributed by atoms with Crippen molar-refractivity contribution in [2.45, 2.75) is 0 Å². The number of nitrogens with zero attached hydrogens (tertiary/aromatic N) is 3. The van der Waals surface area contributed by atoms with Gasteiger partial charge in [0.05, 0.1) is 0 Å². The Labute approximate surface area is 129 Å². The van der Waals surface area contributed by atoms with Crippen LogP contribution in [0.1, 0.15) is 0 Å². The van der Waals surface area contributed by atoms with Gasteiger partial charge in [0.25, 0.3) is 5.91 Å². The van der Waals surface area contributed by atoms with Crippen molar-refractivity contribution in [3.05, 3.63) is 53.3 Å². The summed E-state index contributed by atoms with van der Waals surface area (Å²) in [4.78, 5) is 18.2. The summed E-state index contributed by atoms with van der Waals surface area (Å²) in [6.07, 6.45) is 0. The molecule has 0 aliphatic heterocycles. The van der Waals surface area contributed by atoms with Crippen molar-refractivity contribution in [2.24, 2.45) is 0 Å². The molecule has 0 aliphatic rings. The van der Waals surface area contributed by atoms with E-state index in [4.69, 9.17) is 16.4 Å². The van der Waals surface area contributed by atoms with Gasteiger partial charge in [-0.1, -0.05) is 22.5 Å². The van der Waals surface area contributed by atoms with Crippen LogP contribution in [0.15, 0.2) is 42.5 Å². The van der Waals surface area contributed by atoms with Crippen molar-refractivity contribution in [2.75, 3.05) is 11.9 Å². The largest absolute Gasteiger partial charge is 0.385 e. The predicted molar refractivity (Wildman–Crippen MR) is 79.0 cm³/mol. The Bertz CT molecular complexity index is 837. The van der Waals surface area contributed by atoms with E-state index in [2.05, 4.69) is 15.6 Å². The molecule has 0 aliphatic carbocycles. The predicted octanol–water partition coefficient (Wildman–Crippen LogP) is 2.29. The van der Waals surface area contributed by atoms with Crippen molar-refractivity contribution in [1.29, 1.82) is 0 Å². The minimum Gasteiger partial charge on any atom is -0.385 e. The fourth-order valence-electron chi connectivity index (χ4n) is 1.85. The molecule has 0 bridgehead atoms. The Morgan fingerprint density at radius 3 is 3.00 bits per heavy atom. The molecule has 0 spiro atoms. The molecule has 0 radical (unpaired) electrons. The monoisotopic (exact) mass is 320 g/mol. The molecule has 0 atom stereocenters. The van der Waals surface area contributed by atoms with Crippen LogP contribution in [0.4, 0.5) is 10.1 Å². The number of anilines is 1. The molecular weight excluding hydrogens is 311 g/mol. The van der Waals surface area contributed by atoms with Gasteiger partial charge in [-0.3, -0.25) is 4.79 Å². The summed E-state index contributed by atoms with van der Waals surface area (Å²) < 4.78 is 13.0. The van der Waals surface area contributed by atoms with E-state index in [1.165, 1.54) is 18.2 Å². The van der Waals surface area contributed by atoms with Gasteiger partial charge in [0, 0.05) is 10.7 Å². The van der Waals surface area contributed by atoms with Gasteiger partial charge < -0.3 is 10.2 Å². The highest BCUT2D eigenvalue weighted by Crippen LogP contribution is 2.16. The average Bonchev–Trinajstić information content (AvgIpc) is 2.87. The molecule has 3 rings (SSSR count). The van der Waals surface area contributed by atoms with E-state index in [0.717, 1.165) is 4.85 Å². The van der Waals surface area contributed by atoms with Crippen LogP contribution >= 0.6 is 11.6 Å². The number of rotatable bonds is 4. The first-order chi connectivity index (χ1) is 10.6. The number of fused-ring (bicyclic) bond motifs is 1. The summed E-state index contributed by atoms with van der Waals surface area (Å²) in [5.41, 5.74) is 1.49. The maximum absolute atomic E-state index is 13.0. The third-order valence-corrected chi connectivity index (χ3v) is 3.04. The summed E-state index contributed by atoms with van der Waals surface area (Å²) >= 11 is 5.89. The lowest BCUT2D eigenvalue weighted by Crippen LogP contribution is -2.26. The molecule has 1 N–H and O–H groups in total. The zero-order chi connectivity index (χ0) is 15.5. The average molecular weight is 321 g/mol. The molecular formula is C14H10ClFN4O2. The molecule has 0 fully saturated rings. The van der Waals surface area contributed by atoms with Gasteiger partial charge in [-0.05, 0) is 41.6 Å². The maximum atomic E-state index is 13.0. The summed E-state index contributed by atoms with van der Waals surface area (Å²) in [5, 5.41) is 10.7. The molecule has 0 saturated heterocycles. The van der Waals surface area contributed by atoms with Crippen LogP contribution < -0.4 is 10.2 Å². The number of amides is 1. The smallest absolute Gasteiger partial charge is 0.265 e. The second-order valence-corrected chi connectivity index (χ2v) is 4.86. The summed E-state index contributed by atoms with van der Waals surface area (Å²) in [7, 11) is 0. The van der Waals surface area contributed by atoms with Gasteiger partial charge in [0.1, 0.15) is 16.9 Å². The van der Waals surface area contributed by atoms with Crippen molar-refractivity contribution in [3.63, 3.8) is 0 Å². The van der Waals surface area contributed by atoms with Gasteiger partial charge >= 0.3 is 0 Å². The van der Waals surface area contributed by atoms with Crippen LogP contribution in [-0.2, 0) is 4.79 Å². The third kappa shape index (κ3) is 3.15. The zero-order valence-corrected chi connectivity index (χ0v) is 11.9. The first-order valence-electron chi connectivity index (χ1n) is 6.31. The van der Waals surface area contributed by atoms with Crippen LogP contribution in [0.5, 0.6) is 0 Å². The van der Waals surface area contributed by atoms with Crippen LogP contribution in [0.2, 0.25) is 5.02 Å². The lowest BCUT2D eigenvalue weighted by molar-refractivity contribution is -0.121. The molecule has 0 unspecified atom stereocenters. The second kappa shape index (κ2) is 5.98. The molecule has 112 valence electrons. The minimum absolute atomic E-state index is 0.304. The lowest BCUT2D eigenvalue weighted by Gasteiger charge is -2.07. The molecule has 8 heteroatoms. The Kier molecular flexibility index (Phi) is 3.88. The van der Waals surface area contributed by atoms with Gasteiger partial charge in [-0.15, -0.1) is 5.10 Å². The van der Waals surface area contributed by atoms with Crippen molar-refractivity contribution in [1.82, 2.24) is 15.2 Å². The Balaban J connectivity index is 1.66. The molecule has 2 aromatic carbocycles. The first-order valence-corrected chi connectivity index (χ1v) is 6.69. The highest BCUT2D eigenvalue weighted by Gasteiger charge is 2.09. The topological polar surface area (TPSA) is 69.0 Å². The van der Waals surface area contributed by atoms with Crippen LogP contribution in [-0.4, -0.2) is 27.7 Å². The number of aromatic nitrogens is 3. The minimum atomic E-state index is -0.448. The van der Waals surface area contributed by atoms with Crippen molar-refractivity contribution >= 4 is 34.2 Å². The molecule has 0 saturated carbocycles. The van der Waals surface area contributed by atoms with Crippen LogP contribution in [0, 0.1) is 5.82 Å². The third-order valence-electron chi connectivity index (χ3n) is 2.80. The van der Waals surface area contributed by atoms with E-state index in [-0.39, 0.29) is 6.61 Å². The summed E-state index contributed by atoms with van der Waals surface area (Å²) in [5.74, 6) is -0.882. The summed E-state index contributed by atoms with van der Waals surface area (Å²) in [6, 6.07) is 10.6. The lowest BCUT2D eigenvalue weighted by atomic mass is 10.3. The first kappa shape index (κ1) is 14.3. The van der Waals surface area contributed by atoms with E-state index in [0.29, 0.717) is 21.7 Å². The quantitative estimate of drug-likeness (QED) is 0.801. The standard InChI is InChI=1S/C14H10ClFN4O2/c15-9-4-5-12-13(6-9)20(19-18-12)22-8-14(21)17-11-3-1-2-10(16)7-11/h1-7H,8H2,(H,17,21). The van der Waals surface area contributed by atoms with E-state index in [1.807, 2.05) is 0 Å². The Morgan fingerprint density at radius 1 is 1.32 bits per heavy atom. The highest BCUT2D eigenvalue weighted by molar-refractivity contribution is 6.31. The highest BCUT2D eigenvalue weighted by atomic mass is 35.5. The van der Waals surface area contributed by atoms with E-state index >= 15 is 0 Å². The number of nitrogens with one attached hydrogen (secondary N) is 1. The number of hydrogen-bond acceptors (Lipinski definition) is 4. The number of benzene rings is 2. The molecule has 1 heterocycles. The zero-order valence-electron chi connectivity index (χ0n) is 11.2. The number of carbonyl (C=O) groups excluding carboxylic acids is 1. The van der Waals surface area contributed by atoms with Crippen LogP contribution in [0.3, 0.4) is 0 Å². The number of carbonyl (C=O) groups is 1. The molecule has 1 amide bonds. The van der Waals surface area contributed by atoms with Crippen LogP contribution in [0.25, 0.3) is 11.0 Å². The van der Waals surface area contributed by atoms with Gasteiger partial charge in [0.2, 0.25) is 0 Å². The Morgan fingerprint density at radius 2 is 2.18 bits per heavy atom. The molecule has 3 aromatic rings. The summed E-state index contributed by atoms with van der Waals surface area (Å²) in [6.45, 7) is -0.304. The Hall–Kier alpha value is -2.67. The normalized spacial score (nSPS) is 10.6. The van der Waals surface area contributed by atoms with E-state index < -0.39 is 11.7 Å². The fraction of sp³-hybridized carbons (Fsp3) is 0.0714. The SMILES string of the molecule is O=C(COn1nnc2ccc(Cl)cc21)Nc1cccc(F)c1. The molecule has 22 heavy (non-hydrogen) atoms. The molecule has 1 aromatic heterocycles.